The van der Waals surface area contributed by atoms with Crippen molar-refractivity contribution in [3.63, 3.8) is 0 Å². The molecule has 0 N–H and O–H groups in total. The zero-order valence-electron chi connectivity index (χ0n) is 14.9. The summed E-state index contributed by atoms with van der Waals surface area (Å²) in [5.74, 6) is 0.678. The maximum Gasteiger partial charge on any atom is 0.236 e. The van der Waals surface area contributed by atoms with E-state index in [2.05, 4.69) is 16.7 Å². The minimum absolute atomic E-state index is 0.128. The van der Waals surface area contributed by atoms with Crippen molar-refractivity contribution in [2.45, 2.75) is 45.1 Å². The van der Waals surface area contributed by atoms with E-state index in [1.165, 1.54) is 6.42 Å². The van der Waals surface area contributed by atoms with Crippen LogP contribution in [0.4, 0.5) is 0 Å². The number of amides is 2. The second-order valence-electron chi connectivity index (χ2n) is 7.42. The second-order valence-corrected chi connectivity index (χ2v) is 7.42. The summed E-state index contributed by atoms with van der Waals surface area (Å²) in [5.41, 5.74) is 0. The zero-order chi connectivity index (χ0) is 16.9. The lowest BCUT2D eigenvalue weighted by Crippen LogP contribution is -2.50. The molecule has 3 fully saturated rings. The molecule has 0 radical (unpaired) electrons. The van der Waals surface area contributed by atoms with Crippen molar-refractivity contribution in [2.75, 3.05) is 52.5 Å². The van der Waals surface area contributed by atoms with Gasteiger partial charge in [0.2, 0.25) is 11.8 Å². The normalized spacial score (nSPS) is 27.3. The highest BCUT2D eigenvalue weighted by Gasteiger charge is 2.31. The summed E-state index contributed by atoms with van der Waals surface area (Å²) in [6.07, 6.45) is 5.24. The van der Waals surface area contributed by atoms with Gasteiger partial charge in [0.25, 0.3) is 0 Å². The number of nitrogens with zero attached hydrogens (tertiary/aromatic N) is 3. The first-order chi connectivity index (χ1) is 11.6. The molecule has 0 saturated carbocycles. The van der Waals surface area contributed by atoms with E-state index in [9.17, 15) is 9.59 Å². The van der Waals surface area contributed by atoms with Crippen LogP contribution in [0.15, 0.2) is 0 Å². The van der Waals surface area contributed by atoms with Gasteiger partial charge in [0.05, 0.1) is 19.8 Å². The Kier molecular flexibility index (Phi) is 6.11. The summed E-state index contributed by atoms with van der Waals surface area (Å²) < 4.78 is 5.32. The van der Waals surface area contributed by atoms with Gasteiger partial charge in [-0.25, -0.2) is 0 Å². The van der Waals surface area contributed by atoms with Gasteiger partial charge < -0.3 is 14.5 Å². The predicted molar refractivity (Wildman–Crippen MR) is 91.6 cm³/mol. The molecule has 0 aromatic carbocycles. The third-order valence-electron chi connectivity index (χ3n) is 5.74. The summed E-state index contributed by atoms with van der Waals surface area (Å²) in [5, 5.41) is 0. The highest BCUT2D eigenvalue weighted by atomic mass is 16.5. The van der Waals surface area contributed by atoms with Gasteiger partial charge in [0.15, 0.2) is 0 Å². The molecule has 6 heteroatoms. The number of piperidine rings is 2. The van der Waals surface area contributed by atoms with Crippen LogP contribution in [0, 0.1) is 5.92 Å². The standard InChI is InChI=1S/C18H31N3O3/c1-15-4-2-3-7-21(15)17(22)14-19-8-5-16(6-9-19)18(23)20-10-12-24-13-11-20/h15-16H,2-14H2,1H3. The van der Waals surface area contributed by atoms with Gasteiger partial charge in [-0.05, 0) is 52.1 Å². The molecule has 3 saturated heterocycles. The SMILES string of the molecule is CC1CCCCN1C(=O)CN1CCC(C(=O)N2CCOCC2)CC1. The first kappa shape index (κ1) is 17.7. The molecule has 1 unspecified atom stereocenters. The monoisotopic (exact) mass is 337 g/mol. The number of hydrogen-bond donors (Lipinski definition) is 0. The molecular weight excluding hydrogens is 306 g/mol. The molecule has 0 bridgehead atoms. The van der Waals surface area contributed by atoms with Crippen LogP contribution in [0.1, 0.15) is 39.0 Å². The third kappa shape index (κ3) is 4.28. The van der Waals surface area contributed by atoms with Gasteiger partial charge in [-0.2, -0.15) is 0 Å². The average molecular weight is 337 g/mol. The Morgan fingerprint density at radius 2 is 1.67 bits per heavy atom. The van der Waals surface area contributed by atoms with Crippen molar-refractivity contribution in [3.05, 3.63) is 0 Å². The minimum Gasteiger partial charge on any atom is -0.378 e. The van der Waals surface area contributed by atoms with E-state index in [4.69, 9.17) is 4.74 Å². The largest absolute Gasteiger partial charge is 0.378 e. The Hall–Kier alpha value is -1.14. The van der Waals surface area contributed by atoms with Gasteiger partial charge in [0, 0.05) is 31.6 Å². The maximum atomic E-state index is 12.5. The molecule has 3 heterocycles. The van der Waals surface area contributed by atoms with Crippen LogP contribution in [0.25, 0.3) is 0 Å². The molecule has 0 aliphatic carbocycles. The molecule has 3 rings (SSSR count). The highest BCUT2D eigenvalue weighted by molar-refractivity contribution is 5.80. The Morgan fingerprint density at radius 3 is 2.33 bits per heavy atom. The molecule has 6 nitrogen and oxygen atoms in total. The van der Waals surface area contributed by atoms with E-state index in [1.807, 2.05) is 4.90 Å². The molecule has 136 valence electrons. The summed E-state index contributed by atoms with van der Waals surface area (Å²) in [7, 11) is 0. The number of morpholine rings is 1. The van der Waals surface area contributed by atoms with Crippen molar-refractivity contribution < 1.29 is 14.3 Å². The molecule has 1 atom stereocenters. The van der Waals surface area contributed by atoms with Crippen molar-refractivity contribution in [1.29, 1.82) is 0 Å². The molecule has 2 amide bonds. The fraction of sp³-hybridized carbons (Fsp3) is 0.889. The average Bonchev–Trinajstić information content (AvgIpc) is 2.63. The summed E-state index contributed by atoms with van der Waals surface area (Å²) >= 11 is 0. The molecule has 24 heavy (non-hydrogen) atoms. The quantitative estimate of drug-likeness (QED) is 0.770. The number of carbonyl (C=O) groups excluding carboxylic acids is 2. The lowest BCUT2D eigenvalue weighted by atomic mass is 9.95. The summed E-state index contributed by atoms with van der Waals surface area (Å²) in [6, 6.07) is 0.381. The molecule has 0 aromatic rings. The predicted octanol–water partition coefficient (Wildman–Crippen LogP) is 0.958. The number of ether oxygens (including phenoxy) is 1. The molecule has 0 spiro atoms. The number of likely N-dealkylation sites (tertiary alicyclic amines) is 2. The van der Waals surface area contributed by atoms with Gasteiger partial charge in [0.1, 0.15) is 0 Å². The van der Waals surface area contributed by atoms with Crippen molar-refractivity contribution in [2.24, 2.45) is 5.92 Å². The Balaban J connectivity index is 1.43. The minimum atomic E-state index is 0.128. The maximum absolute atomic E-state index is 12.5. The zero-order valence-corrected chi connectivity index (χ0v) is 14.9. The van der Waals surface area contributed by atoms with Gasteiger partial charge in [-0.1, -0.05) is 0 Å². The number of carbonyl (C=O) groups is 2. The number of rotatable bonds is 3. The Morgan fingerprint density at radius 1 is 0.958 bits per heavy atom. The van der Waals surface area contributed by atoms with Crippen LogP contribution in [-0.4, -0.2) is 85.0 Å². The Labute approximate surface area is 145 Å². The third-order valence-corrected chi connectivity index (χ3v) is 5.74. The lowest BCUT2D eigenvalue weighted by Gasteiger charge is -2.38. The van der Waals surface area contributed by atoms with Crippen LogP contribution in [0.2, 0.25) is 0 Å². The van der Waals surface area contributed by atoms with Crippen molar-refractivity contribution in [3.8, 4) is 0 Å². The van der Waals surface area contributed by atoms with E-state index < -0.39 is 0 Å². The molecule has 3 aliphatic heterocycles. The summed E-state index contributed by atoms with van der Waals surface area (Å²) in [6.45, 7) is 8.07. The topological polar surface area (TPSA) is 53.1 Å². The van der Waals surface area contributed by atoms with E-state index in [-0.39, 0.29) is 17.7 Å². The van der Waals surface area contributed by atoms with Gasteiger partial charge in [-0.3, -0.25) is 14.5 Å². The lowest BCUT2D eigenvalue weighted by molar-refractivity contribution is -0.141. The van der Waals surface area contributed by atoms with E-state index in [0.29, 0.717) is 25.8 Å². The summed E-state index contributed by atoms with van der Waals surface area (Å²) in [4.78, 5) is 31.3. The highest BCUT2D eigenvalue weighted by Crippen LogP contribution is 2.21. The van der Waals surface area contributed by atoms with E-state index in [1.54, 1.807) is 0 Å². The van der Waals surface area contributed by atoms with Crippen molar-refractivity contribution in [1.82, 2.24) is 14.7 Å². The van der Waals surface area contributed by atoms with E-state index >= 15 is 0 Å². The first-order valence-corrected chi connectivity index (χ1v) is 9.53. The molecule has 3 aliphatic rings. The van der Waals surface area contributed by atoms with Gasteiger partial charge >= 0.3 is 0 Å². The van der Waals surface area contributed by atoms with E-state index in [0.717, 1.165) is 58.4 Å². The van der Waals surface area contributed by atoms with Crippen LogP contribution < -0.4 is 0 Å². The van der Waals surface area contributed by atoms with Crippen LogP contribution in [-0.2, 0) is 14.3 Å². The van der Waals surface area contributed by atoms with Crippen molar-refractivity contribution >= 4 is 11.8 Å². The molecular formula is C18H31N3O3. The fourth-order valence-corrected chi connectivity index (χ4v) is 4.13. The molecule has 0 aromatic heterocycles. The first-order valence-electron chi connectivity index (χ1n) is 9.53. The Bertz CT molecular complexity index is 443. The van der Waals surface area contributed by atoms with Crippen LogP contribution in [0.3, 0.4) is 0 Å². The smallest absolute Gasteiger partial charge is 0.236 e. The van der Waals surface area contributed by atoms with Gasteiger partial charge in [-0.15, -0.1) is 0 Å². The van der Waals surface area contributed by atoms with Crippen LogP contribution in [0.5, 0.6) is 0 Å². The van der Waals surface area contributed by atoms with Crippen LogP contribution >= 0.6 is 0 Å². The fourth-order valence-electron chi connectivity index (χ4n) is 4.13. The second kappa shape index (κ2) is 8.30. The number of hydrogen-bond acceptors (Lipinski definition) is 4.